The number of benzene rings is 2. The Bertz CT molecular complexity index is 855. The molecule has 0 aliphatic carbocycles. The largest absolute Gasteiger partial charge is 0.494 e. The van der Waals surface area contributed by atoms with Crippen molar-refractivity contribution in [2.24, 2.45) is 0 Å². The number of amides is 1. The molecule has 0 saturated carbocycles. The van der Waals surface area contributed by atoms with Crippen LogP contribution < -0.4 is 15.4 Å². The monoisotopic (exact) mass is 387 g/mol. The number of aryl methyl sites for hydroxylation is 1. The van der Waals surface area contributed by atoms with E-state index in [0.29, 0.717) is 23.6 Å². The fraction of sp³-hybridized carbons (Fsp3) is 0.263. The number of non-ortho nitro benzene ring substituents is 1. The Labute approximate surface area is 162 Å². The lowest BCUT2D eigenvalue weighted by molar-refractivity contribution is -0.384. The number of rotatable bonds is 7. The first-order valence-electron chi connectivity index (χ1n) is 8.51. The van der Waals surface area contributed by atoms with Gasteiger partial charge in [0.15, 0.2) is 5.11 Å². The van der Waals surface area contributed by atoms with E-state index in [1.165, 1.54) is 12.1 Å². The Morgan fingerprint density at radius 3 is 2.74 bits per heavy atom. The van der Waals surface area contributed by atoms with Gasteiger partial charge in [0.05, 0.1) is 11.5 Å². The van der Waals surface area contributed by atoms with Crippen molar-refractivity contribution in [1.29, 1.82) is 0 Å². The van der Waals surface area contributed by atoms with Gasteiger partial charge in [0, 0.05) is 23.4 Å². The van der Waals surface area contributed by atoms with Gasteiger partial charge in [0.1, 0.15) is 5.75 Å². The zero-order valence-corrected chi connectivity index (χ0v) is 16.0. The molecule has 0 heterocycles. The molecular weight excluding hydrogens is 366 g/mol. The SMILES string of the molecule is CCCCOc1cccc(C(=O)NC(=S)Nc2cc([N+](=O)[O-])ccc2C)c1. The van der Waals surface area contributed by atoms with Crippen LogP contribution in [0.15, 0.2) is 42.5 Å². The molecule has 142 valence electrons. The molecule has 0 aliphatic heterocycles. The van der Waals surface area contributed by atoms with E-state index in [9.17, 15) is 14.9 Å². The van der Waals surface area contributed by atoms with Crippen LogP contribution in [0.3, 0.4) is 0 Å². The first kappa shape index (κ1) is 20.3. The van der Waals surface area contributed by atoms with E-state index in [4.69, 9.17) is 17.0 Å². The first-order valence-corrected chi connectivity index (χ1v) is 8.91. The van der Waals surface area contributed by atoms with Crippen LogP contribution in [0.5, 0.6) is 5.75 Å². The zero-order chi connectivity index (χ0) is 19.8. The molecule has 1 amide bonds. The lowest BCUT2D eigenvalue weighted by atomic mass is 10.2. The molecule has 0 saturated heterocycles. The van der Waals surface area contributed by atoms with Crippen molar-refractivity contribution in [1.82, 2.24) is 5.32 Å². The molecule has 0 atom stereocenters. The number of hydrogen-bond donors (Lipinski definition) is 2. The molecule has 0 aromatic heterocycles. The lowest BCUT2D eigenvalue weighted by Gasteiger charge is -2.12. The molecule has 0 radical (unpaired) electrons. The molecule has 2 aromatic rings. The summed E-state index contributed by atoms with van der Waals surface area (Å²) in [7, 11) is 0. The Balaban J connectivity index is 2.02. The minimum absolute atomic E-state index is 0.0564. The van der Waals surface area contributed by atoms with Crippen molar-refractivity contribution in [3.05, 3.63) is 63.7 Å². The first-order chi connectivity index (χ1) is 12.9. The summed E-state index contributed by atoms with van der Waals surface area (Å²) in [5.74, 6) is 0.223. The van der Waals surface area contributed by atoms with Gasteiger partial charge in [-0.05, 0) is 49.3 Å². The van der Waals surface area contributed by atoms with Crippen molar-refractivity contribution in [3.8, 4) is 5.75 Å². The van der Waals surface area contributed by atoms with E-state index in [2.05, 4.69) is 17.6 Å². The van der Waals surface area contributed by atoms with Crippen molar-refractivity contribution in [2.75, 3.05) is 11.9 Å². The topological polar surface area (TPSA) is 93.5 Å². The minimum Gasteiger partial charge on any atom is -0.494 e. The summed E-state index contributed by atoms with van der Waals surface area (Å²) in [4.78, 5) is 22.8. The Kier molecular flexibility index (Phi) is 7.25. The standard InChI is InChI=1S/C19H21N3O4S/c1-3-4-10-26-16-7-5-6-14(11-16)18(23)21-19(27)20-17-12-15(22(24)25)9-8-13(17)2/h5-9,11-12H,3-4,10H2,1-2H3,(H2,20,21,23,27). The number of carbonyl (C=O) groups excluding carboxylic acids is 1. The van der Waals surface area contributed by atoms with Crippen LogP contribution in [0.1, 0.15) is 35.7 Å². The van der Waals surface area contributed by atoms with Crippen LogP contribution in [-0.4, -0.2) is 22.5 Å². The second kappa shape index (κ2) is 9.63. The summed E-state index contributed by atoms with van der Waals surface area (Å²) < 4.78 is 5.60. The average molecular weight is 387 g/mol. The highest BCUT2D eigenvalue weighted by Gasteiger charge is 2.12. The van der Waals surface area contributed by atoms with Crippen molar-refractivity contribution in [2.45, 2.75) is 26.7 Å². The highest BCUT2D eigenvalue weighted by atomic mass is 32.1. The van der Waals surface area contributed by atoms with Crippen LogP contribution in [0, 0.1) is 17.0 Å². The maximum Gasteiger partial charge on any atom is 0.271 e. The van der Waals surface area contributed by atoms with Gasteiger partial charge in [-0.3, -0.25) is 20.2 Å². The number of unbranched alkanes of at least 4 members (excludes halogenated alkanes) is 1. The van der Waals surface area contributed by atoms with Gasteiger partial charge < -0.3 is 10.1 Å². The summed E-state index contributed by atoms with van der Waals surface area (Å²) >= 11 is 5.16. The van der Waals surface area contributed by atoms with Gasteiger partial charge in [-0.1, -0.05) is 25.5 Å². The summed E-state index contributed by atoms with van der Waals surface area (Å²) in [6.45, 7) is 4.45. The lowest BCUT2D eigenvalue weighted by Crippen LogP contribution is -2.34. The van der Waals surface area contributed by atoms with E-state index in [0.717, 1.165) is 18.4 Å². The number of anilines is 1. The second-order valence-corrected chi connectivity index (χ2v) is 6.30. The van der Waals surface area contributed by atoms with E-state index < -0.39 is 10.8 Å². The van der Waals surface area contributed by atoms with Gasteiger partial charge in [-0.15, -0.1) is 0 Å². The number of nitrogens with zero attached hydrogens (tertiary/aromatic N) is 1. The smallest absolute Gasteiger partial charge is 0.271 e. The predicted molar refractivity (Wildman–Crippen MR) is 108 cm³/mol. The fourth-order valence-electron chi connectivity index (χ4n) is 2.25. The second-order valence-electron chi connectivity index (χ2n) is 5.89. The predicted octanol–water partition coefficient (Wildman–Crippen LogP) is 4.21. The van der Waals surface area contributed by atoms with E-state index in [1.807, 2.05) is 0 Å². The molecule has 0 bridgehead atoms. The summed E-state index contributed by atoms with van der Waals surface area (Å²) in [6.07, 6.45) is 1.96. The van der Waals surface area contributed by atoms with Gasteiger partial charge in [0.2, 0.25) is 0 Å². The molecule has 2 aromatic carbocycles. The molecule has 7 nitrogen and oxygen atoms in total. The van der Waals surface area contributed by atoms with Crippen LogP contribution in [-0.2, 0) is 0 Å². The number of nitro groups is 1. The van der Waals surface area contributed by atoms with Crippen molar-refractivity contribution in [3.63, 3.8) is 0 Å². The molecule has 2 N–H and O–H groups in total. The molecule has 8 heteroatoms. The molecule has 27 heavy (non-hydrogen) atoms. The van der Waals surface area contributed by atoms with E-state index in [-0.39, 0.29) is 10.8 Å². The normalized spacial score (nSPS) is 10.1. The quantitative estimate of drug-likeness (QED) is 0.320. The number of thiocarbonyl (C=S) groups is 1. The Morgan fingerprint density at radius 2 is 2.04 bits per heavy atom. The number of ether oxygens (including phenoxy) is 1. The Hall–Kier alpha value is -3.00. The van der Waals surface area contributed by atoms with E-state index in [1.54, 1.807) is 37.3 Å². The molecule has 0 spiro atoms. The minimum atomic E-state index is -0.490. The maximum absolute atomic E-state index is 12.4. The van der Waals surface area contributed by atoms with Crippen LogP contribution in [0.25, 0.3) is 0 Å². The summed E-state index contributed by atoms with van der Waals surface area (Å²) in [5, 5.41) is 16.4. The summed E-state index contributed by atoms with van der Waals surface area (Å²) in [6, 6.07) is 11.2. The molecule has 2 rings (SSSR count). The number of carbonyl (C=O) groups is 1. The zero-order valence-electron chi connectivity index (χ0n) is 15.2. The van der Waals surface area contributed by atoms with Crippen molar-refractivity contribution < 1.29 is 14.5 Å². The number of nitro benzene ring substituents is 1. The third-order valence-corrected chi connectivity index (χ3v) is 3.97. The van der Waals surface area contributed by atoms with Crippen molar-refractivity contribution >= 4 is 34.6 Å². The van der Waals surface area contributed by atoms with Crippen LogP contribution >= 0.6 is 12.2 Å². The fourth-order valence-corrected chi connectivity index (χ4v) is 2.45. The molecular formula is C19H21N3O4S. The summed E-state index contributed by atoms with van der Waals surface area (Å²) in [5.41, 5.74) is 1.58. The third kappa shape index (κ3) is 6.03. The van der Waals surface area contributed by atoms with Crippen LogP contribution in [0.2, 0.25) is 0 Å². The van der Waals surface area contributed by atoms with Gasteiger partial charge in [-0.2, -0.15) is 0 Å². The maximum atomic E-state index is 12.4. The van der Waals surface area contributed by atoms with Gasteiger partial charge >= 0.3 is 0 Å². The van der Waals surface area contributed by atoms with E-state index >= 15 is 0 Å². The Morgan fingerprint density at radius 1 is 1.26 bits per heavy atom. The highest BCUT2D eigenvalue weighted by molar-refractivity contribution is 7.80. The van der Waals surface area contributed by atoms with Gasteiger partial charge in [0.25, 0.3) is 11.6 Å². The van der Waals surface area contributed by atoms with Gasteiger partial charge in [-0.25, -0.2) is 0 Å². The third-order valence-electron chi connectivity index (χ3n) is 3.77. The molecule has 0 unspecified atom stereocenters. The highest BCUT2D eigenvalue weighted by Crippen LogP contribution is 2.21. The molecule has 0 aliphatic rings. The molecule has 0 fully saturated rings. The average Bonchev–Trinajstić information content (AvgIpc) is 2.63. The number of hydrogen-bond acceptors (Lipinski definition) is 5. The number of nitrogens with one attached hydrogen (secondary N) is 2. The van der Waals surface area contributed by atoms with Crippen LogP contribution in [0.4, 0.5) is 11.4 Å².